The lowest BCUT2D eigenvalue weighted by Crippen LogP contribution is -2.47. The van der Waals surface area contributed by atoms with E-state index in [4.69, 9.17) is 5.73 Å². The van der Waals surface area contributed by atoms with Gasteiger partial charge in [-0.2, -0.15) is 0 Å². The summed E-state index contributed by atoms with van der Waals surface area (Å²) in [7, 11) is 0. The second-order valence-electron chi connectivity index (χ2n) is 5.36. The van der Waals surface area contributed by atoms with Gasteiger partial charge in [-0.25, -0.2) is 9.37 Å². The molecule has 4 nitrogen and oxygen atoms in total. The molecular formula is C16H19FN4. The van der Waals surface area contributed by atoms with Crippen LogP contribution in [0.1, 0.15) is 5.56 Å². The smallest absolute Gasteiger partial charge is 0.131 e. The fraction of sp³-hybridized carbons (Fsp3) is 0.312. The highest BCUT2D eigenvalue weighted by molar-refractivity contribution is 5.54. The number of pyridine rings is 1. The minimum Gasteiger partial charge on any atom is -0.397 e. The SMILES string of the molecule is Cc1cc(N)cnc1N1CCN(c2ccc(F)cc2)CC1. The summed E-state index contributed by atoms with van der Waals surface area (Å²) in [6.45, 7) is 5.63. The third-order valence-electron chi connectivity index (χ3n) is 3.84. The van der Waals surface area contributed by atoms with Crippen LogP contribution in [0.5, 0.6) is 0 Å². The molecule has 0 spiro atoms. The van der Waals surface area contributed by atoms with Gasteiger partial charge in [0.15, 0.2) is 0 Å². The van der Waals surface area contributed by atoms with Crippen molar-refractivity contribution in [3.05, 3.63) is 47.9 Å². The van der Waals surface area contributed by atoms with E-state index in [9.17, 15) is 4.39 Å². The Labute approximate surface area is 124 Å². The predicted molar refractivity (Wildman–Crippen MR) is 84.2 cm³/mol. The maximum atomic E-state index is 13.0. The Morgan fingerprint density at radius 3 is 2.29 bits per heavy atom. The number of hydrogen-bond donors (Lipinski definition) is 1. The van der Waals surface area contributed by atoms with Gasteiger partial charge in [0.25, 0.3) is 0 Å². The molecule has 0 bridgehead atoms. The van der Waals surface area contributed by atoms with Gasteiger partial charge in [0.05, 0.1) is 11.9 Å². The topological polar surface area (TPSA) is 45.4 Å². The zero-order valence-corrected chi connectivity index (χ0v) is 12.1. The highest BCUT2D eigenvalue weighted by atomic mass is 19.1. The number of nitrogen functional groups attached to an aromatic ring is 1. The number of aromatic nitrogens is 1. The summed E-state index contributed by atoms with van der Waals surface area (Å²) in [5.74, 6) is 0.807. The number of aryl methyl sites for hydroxylation is 1. The molecule has 1 saturated heterocycles. The van der Waals surface area contributed by atoms with Gasteiger partial charge >= 0.3 is 0 Å². The van der Waals surface area contributed by atoms with E-state index in [1.165, 1.54) is 12.1 Å². The molecule has 2 heterocycles. The van der Waals surface area contributed by atoms with Crippen molar-refractivity contribution in [2.75, 3.05) is 41.7 Å². The monoisotopic (exact) mass is 286 g/mol. The average Bonchev–Trinajstić information content (AvgIpc) is 2.48. The van der Waals surface area contributed by atoms with Gasteiger partial charge in [0, 0.05) is 31.9 Å². The lowest BCUT2D eigenvalue weighted by molar-refractivity contribution is 0.624. The molecule has 2 aromatic rings. The number of nitrogens with zero attached hydrogens (tertiary/aromatic N) is 3. The van der Waals surface area contributed by atoms with Crippen LogP contribution in [-0.2, 0) is 0 Å². The van der Waals surface area contributed by atoms with Gasteiger partial charge in [-0.1, -0.05) is 0 Å². The Morgan fingerprint density at radius 2 is 1.67 bits per heavy atom. The van der Waals surface area contributed by atoms with Crippen LogP contribution >= 0.6 is 0 Å². The Kier molecular flexibility index (Phi) is 3.64. The number of hydrogen-bond acceptors (Lipinski definition) is 4. The molecule has 5 heteroatoms. The number of nitrogens with two attached hydrogens (primary N) is 1. The molecule has 21 heavy (non-hydrogen) atoms. The number of anilines is 3. The van der Waals surface area contributed by atoms with Crippen molar-refractivity contribution in [1.29, 1.82) is 0 Å². The molecule has 0 atom stereocenters. The van der Waals surface area contributed by atoms with Crippen molar-refractivity contribution in [3.8, 4) is 0 Å². The van der Waals surface area contributed by atoms with Gasteiger partial charge in [-0.3, -0.25) is 0 Å². The van der Waals surface area contributed by atoms with E-state index in [0.29, 0.717) is 5.69 Å². The standard InChI is InChI=1S/C16H19FN4/c1-12-10-14(18)11-19-16(12)21-8-6-20(7-9-21)15-4-2-13(17)3-5-15/h2-5,10-11H,6-9,18H2,1H3. The summed E-state index contributed by atoms with van der Waals surface area (Å²) >= 11 is 0. The second kappa shape index (κ2) is 5.60. The van der Waals surface area contributed by atoms with E-state index in [-0.39, 0.29) is 5.82 Å². The predicted octanol–water partition coefficient (Wildman–Crippen LogP) is 2.44. The van der Waals surface area contributed by atoms with Crippen LogP contribution in [0, 0.1) is 12.7 Å². The van der Waals surface area contributed by atoms with E-state index in [1.807, 2.05) is 25.1 Å². The summed E-state index contributed by atoms with van der Waals surface area (Å²) in [6.07, 6.45) is 1.70. The molecule has 1 aliphatic heterocycles. The Morgan fingerprint density at radius 1 is 1.05 bits per heavy atom. The van der Waals surface area contributed by atoms with Gasteiger partial charge in [-0.05, 0) is 42.8 Å². The first-order chi connectivity index (χ1) is 10.1. The molecule has 1 aromatic carbocycles. The van der Waals surface area contributed by atoms with E-state index >= 15 is 0 Å². The number of rotatable bonds is 2. The van der Waals surface area contributed by atoms with E-state index < -0.39 is 0 Å². The van der Waals surface area contributed by atoms with Crippen molar-refractivity contribution in [2.24, 2.45) is 0 Å². The van der Waals surface area contributed by atoms with Crippen LogP contribution in [0.3, 0.4) is 0 Å². The molecule has 0 amide bonds. The van der Waals surface area contributed by atoms with Crippen molar-refractivity contribution in [2.45, 2.75) is 6.92 Å². The third kappa shape index (κ3) is 2.91. The lowest BCUT2D eigenvalue weighted by Gasteiger charge is -2.37. The molecule has 1 fully saturated rings. The van der Waals surface area contributed by atoms with Crippen LogP contribution < -0.4 is 15.5 Å². The molecule has 2 N–H and O–H groups in total. The van der Waals surface area contributed by atoms with Crippen molar-refractivity contribution < 1.29 is 4.39 Å². The van der Waals surface area contributed by atoms with Crippen LogP contribution in [0.4, 0.5) is 21.6 Å². The van der Waals surface area contributed by atoms with Crippen molar-refractivity contribution in [3.63, 3.8) is 0 Å². The van der Waals surface area contributed by atoms with E-state index in [2.05, 4.69) is 14.8 Å². The molecule has 0 aliphatic carbocycles. The molecule has 0 unspecified atom stereocenters. The summed E-state index contributed by atoms with van der Waals surface area (Å²) < 4.78 is 13.0. The molecule has 110 valence electrons. The second-order valence-corrected chi connectivity index (χ2v) is 5.36. The Balaban J connectivity index is 1.68. The zero-order valence-electron chi connectivity index (χ0n) is 12.1. The van der Waals surface area contributed by atoms with Gasteiger partial charge in [0.2, 0.25) is 0 Å². The number of halogens is 1. The highest BCUT2D eigenvalue weighted by Crippen LogP contribution is 2.22. The first kappa shape index (κ1) is 13.7. The quantitative estimate of drug-likeness (QED) is 0.921. The van der Waals surface area contributed by atoms with Crippen LogP contribution in [0.2, 0.25) is 0 Å². The largest absolute Gasteiger partial charge is 0.397 e. The maximum absolute atomic E-state index is 13.0. The lowest BCUT2D eigenvalue weighted by atomic mass is 10.2. The Hall–Kier alpha value is -2.30. The van der Waals surface area contributed by atoms with E-state index in [0.717, 1.165) is 43.2 Å². The highest BCUT2D eigenvalue weighted by Gasteiger charge is 2.19. The normalized spacial score (nSPS) is 15.3. The van der Waals surface area contributed by atoms with E-state index in [1.54, 1.807) is 6.20 Å². The molecule has 0 saturated carbocycles. The number of benzene rings is 1. The third-order valence-corrected chi connectivity index (χ3v) is 3.84. The fourth-order valence-electron chi connectivity index (χ4n) is 2.75. The van der Waals surface area contributed by atoms with Crippen molar-refractivity contribution >= 4 is 17.2 Å². The summed E-state index contributed by atoms with van der Waals surface area (Å²) in [5, 5.41) is 0. The van der Waals surface area contributed by atoms with Gasteiger partial charge in [0.1, 0.15) is 11.6 Å². The fourth-order valence-corrected chi connectivity index (χ4v) is 2.75. The summed E-state index contributed by atoms with van der Waals surface area (Å²) in [4.78, 5) is 8.98. The summed E-state index contributed by atoms with van der Waals surface area (Å²) in [6, 6.07) is 8.63. The molecule has 3 rings (SSSR count). The molecule has 1 aliphatic rings. The van der Waals surface area contributed by atoms with Crippen LogP contribution in [0.25, 0.3) is 0 Å². The zero-order chi connectivity index (χ0) is 14.8. The molecular weight excluding hydrogens is 267 g/mol. The molecule has 0 radical (unpaired) electrons. The summed E-state index contributed by atoms with van der Waals surface area (Å²) in [5.41, 5.74) is 8.61. The van der Waals surface area contributed by atoms with Crippen LogP contribution in [0.15, 0.2) is 36.5 Å². The Bertz CT molecular complexity index is 619. The average molecular weight is 286 g/mol. The van der Waals surface area contributed by atoms with Gasteiger partial charge in [-0.15, -0.1) is 0 Å². The minimum atomic E-state index is -0.195. The number of piperazine rings is 1. The van der Waals surface area contributed by atoms with Crippen LogP contribution in [-0.4, -0.2) is 31.2 Å². The first-order valence-corrected chi connectivity index (χ1v) is 7.11. The minimum absolute atomic E-state index is 0.195. The van der Waals surface area contributed by atoms with Gasteiger partial charge < -0.3 is 15.5 Å². The molecule has 1 aromatic heterocycles. The first-order valence-electron chi connectivity index (χ1n) is 7.11. The van der Waals surface area contributed by atoms with Crippen molar-refractivity contribution in [1.82, 2.24) is 4.98 Å². The maximum Gasteiger partial charge on any atom is 0.131 e.